The first kappa shape index (κ1) is 20.4. The van der Waals surface area contributed by atoms with E-state index in [0.29, 0.717) is 32.5 Å². The van der Waals surface area contributed by atoms with Gasteiger partial charge in [0.2, 0.25) is 0 Å². The highest BCUT2D eigenvalue weighted by Crippen LogP contribution is 2.17. The van der Waals surface area contributed by atoms with Gasteiger partial charge in [0.25, 0.3) is 11.8 Å². The summed E-state index contributed by atoms with van der Waals surface area (Å²) in [7, 11) is 3.23. The summed E-state index contributed by atoms with van der Waals surface area (Å²) < 4.78 is 10.2. The van der Waals surface area contributed by atoms with Crippen molar-refractivity contribution in [3.8, 4) is 5.75 Å². The van der Waals surface area contributed by atoms with E-state index in [1.807, 2.05) is 24.3 Å². The number of para-hydroxylation sites is 1. The zero-order chi connectivity index (χ0) is 19.5. The third kappa shape index (κ3) is 6.38. The fourth-order valence-corrected chi connectivity index (χ4v) is 2.51. The first-order valence-corrected chi connectivity index (χ1v) is 8.80. The summed E-state index contributed by atoms with van der Waals surface area (Å²) in [5.41, 5.74) is 1.43. The molecule has 0 unspecified atom stereocenters. The number of nitrogens with one attached hydrogen (secondary N) is 2. The molecule has 0 saturated carbocycles. The topological polar surface area (TPSA) is 89.5 Å². The van der Waals surface area contributed by atoms with Crippen LogP contribution in [0.2, 0.25) is 0 Å². The second kappa shape index (κ2) is 10.9. The van der Waals surface area contributed by atoms with Gasteiger partial charge in [0.15, 0.2) is 0 Å². The average Bonchev–Trinajstić information content (AvgIpc) is 2.71. The molecular formula is C20H25N3O4. The molecule has 0 aliphatic heterocycles. The zero-order valence-electron chi connectivity index (χ0n) is 15.7. The Morgan fingerprint density at radius 1 is 0.926 bits per heavy atom. The van der Waals surface area contributed by atoms with E-state index < -0.39 is 0 Å². The Morgan fingerprint density at radius 2 is 1.59 bits per heavy atom. The predicted molar refractivity (Wildman–Crippen MR) is 102 cm³/mol. The molecule has 2 aromatic rings. The SMILES string of the molecule is COCCCNC(=O)c1cccc(C(=O)NCCc2ccccc2OC)n1. The number of rotatable bonds is 10. The van der Waals surface area contributed by atoms with E-state index in [4.69, 9.17) is 9.47 Å². The lowest BCUT2D eigenvalue weighted by Gasteiger charge is -2.09. The van der Waals surface area contributed by atoms with Crippen molar-refractivity contribution >= 4 is 11.8 Å². The highest BCUT2D eigenvalue weighted by molar-refractivity contribution is 5.96. The Labute approximate surface area is 159 Å². The zero-order valence-corrected chi connectivity index (χ0v) is 15.7. The van der Waals surface area contributed by atoms with Crippen molar-refractivity contribution in [3.05, 3.63) is 59.4 Å². The van der Waals surface area contributed by atoms with Gasteiger partial charge in [-0.2, -0.15) is 0 Å². The van der Waals surface area contributed by atoms with Crippen LogP contribution in [-0.4, -0.2) is 50.7 Å². The number of hydrogen-bond acceptors (Lipinski definition) is 5. The van der Waals surface area contributed by atoms with Gasteiger partial charge in [0, 0.05) is 26.8 Å². The fourth-order valence-electron chi connectivity index (χ4n) is 2.51. The van der Waals surface area contributed by atoms with Gasteiger partial charge in [-0.3, -0.25) is 9.59 Å². The maximum Gasteiger partial charge on any atom is 0.269 e. The van der Waals surface area contributed by atoms with Crippen LogP contribution < -0.4 is 15.4 Å². The van der Waals surface area contributed by atoms with Crippen LogP contribution in [-0.2, 0) is 11.2 Å². The van der Waals surface area contributed by atoms with Crippen molar-refractivity contribution in [2.24, 2.45) is 0 Å². The number of ether oxygens (including phenoxy) is 2. The third-order valence-electron chi connectivity index (χ3n) is 3.90. The first-order chi connectivity index (χ1) is 13.2. The van der Waals surface area contributed by atoms with Crippen molar-refractivity contribution in [1.82, 2.24) is 15.6 Å². The molecule has 2 N–H and O–H groups in total. The molecule has 0 aliphatic rings. The minimum absolute atomic E-state index is 0.208. The Hall–Kier alpha value is -2.93. The van der Waals surface area contributed by atoms with Crippen LogP contribution in [0.3, 0.4) is 0 Å². The molecule has 0 spiro atoms. The molecule has 144 valence electrons. The summed E-state index contributed by atoms with van der Waals surface area (Å²) in [4.78, 5) is 28.6. The van der Waals surface area contributed by atoms with Crippen LogP contribution in [0.4, 0.5) is 0 Å². The Bertz CT molecular complexity index is 764. The van der Waals surface area contributed by atoms with Crippen LogP contribution in [0, 0.1) is 0 Å². The average molecular weight is 371 g/mol. The molecule has 7 nitrogen and oxygen atoms in total. The number of benzene rings is 1. The van der Waals surface area contributed by atoms with Crippen LogP contribution in [0.5, 0.6) is 5.75 Å². The number of methoxy groups -OCH3 is 2. The molecule has 1 aromatic heterocycles. The standard InChI is InChI=1S/C20H25N3O4/c1-26-14-6-12-21-19(24)16-8-5-9-17(23-16)20(25)22-13-11-15-7-3-4-10-18(15)27-2/h3-5,7-10H,6,11-14H2,1-2H3,(H,21,24)(H,22,25). The predicted octanol–water partition coefficient (Wildman–Crippen LogP) is 1.83. The summed E-state index contributed by atoms with van der Waals surface area (Å²) in [5.74, 6) is 0.158. The summed E-state index contributed by atoms with van der Waals surface area (Å²) >= 11 is 0. The van der Waals surface area contributed by atoms with Gasteiger partial charge in [-0.25, -0.2) is 4.98 Å². The van der Waals surface area contributed by atoms with E-state index >= 15 is 0 Å². The summed E-state index contributed by atoms with van der Waals surface area (Å²) in [6, 6.07) is 12.5. The van der Waals surface area contributed by atoms with Crippen LogP contribution in [0.15, 0.2) is 42.5 Å². The van der Waals surface area contributed by atoms with Gasteiger partial charge in [-0.1, -0.05) is 24.3 Å². The van der Waals surface area contributed by atoms with Gasteiger partial charge in [0.05, 0.1) is 7.11 Å². The van der Waals surface area contributed by atoms with E-state index in [9.17, 15) is 9.59 Å². The molecule has 0 aliphatic carbocycles. The third-order valence-corrected chi connectivity index (χ3v) is 3.90. The normalized spacial score (nSPS) is 10.3. The van der Waals surface area contributed by atoms with Gasteiger partial charge in [0.1, 0.15) is 17.1 Å². The van der Waals surface area contributed by atoms with Gasteiger partial charge in [-0.05, 0) is 36.6 Å². The largest absolute Gasteiger partial charge is 0.496 e. The van der Waals surface area contributed by atoms with E-state index in [2.05, 4.69) is 15.6 Å². The number of aromatic nitrogens is 1. The molecule has 0 radical (unpaired) electrons. The van der Waals surface area contributed by atoms with Crippen molar-refractivity contribution in [2.45, 2.75) is 12.8 Å². The molecule has 27 heavy (non-hydrogen) atoms. The number of carbonyl (C=O) groups is 2. The van der Waals surface area contributed by atoms with Gasteiger partial charge >= 0.3 is 0 Å². The maximum atomic E-state index is 12.3. The highest BCUT2D eigenvalue weighted by Gasteiger charge is 2.12. The molecule has 0 bridgehead atoms. The first-order valence-electron chi connectivity index (χ1n) is 8.80. The fraction of sp³-hybridized carbons (Fsp3) is 0.350. The molecule has 1 aromatic carbocycles. The lowest BCUT2D eigenvalue weighted by Crippen LogP contribution is -2.29. The van der Waals surface area contributed by atoms with E-state index in [-0.39, 0.29) is 23.2 Å². The van der Waals surface area contributed by atoms with E-state index in [1.54, 1.807) is 32.4 Å². The highest BCUT2D eigenvalue weighted by atomic mass is 16.5. The second-order valence-electron chi connectivity index (χ2n) is 5.83. The smallest absolute Gasteiger partial charge is 0.269 e. The monoisotopic (exact) mass is 371 g/mol. The Morgan fingerprint density at radius 3 is 2.26 bits per heavy atom. The number of carbonyl (C=O) groups excluding carboxylic acids is 2. The molecule has 2 rings (SSSR count). The van der Waals surface area contributed by atoms with Crippen molar-refractivity contribution in [3.63, 3.8) is 0 Å². The molecule has 2 amide bonds. The number of amides is 2. The minimum atomic E-state index is -0.320. The van der Waals surface area contributed by atoms with Crippen LogP contribution >= 0.6 is 0 Å². The van der Waals surface area contributed by atoms with E-state index in [0.717, 1.165) is 11.3 Å². The number of pyridine rings is 1. The van der Waals surface area contributed by atoms with Gasteiger partial charge < -0.3 is 20.1 Å². The lowest BCUT2D eigenvalue weighted by atomic mass is 10.1. The summed E-state index contributed by atoms with van der Waals surface area (Å²) in [6.45, 7) is 1.50. The van der Waals surface area contributed by atoms with Crippen molar-refractivity contribution in [2.75, 3.05) is 33.9 Å². The van der Waals surface area contributed by atoms with Crippen LogP contribution in [0.25, 0.3) is 0 Å². The molecule has 0 atom stereocenters. The number of hydrogen-bond donors (Lipinski definition) is 2. The van der Waals surface area contributed by atoms with Crippen molar-refractivity contribution < 1.29 is 19.1 Å². The summed E-state index contributed by atoms with van der Waals surface area (Å²) in [5, 5.41) is 5.57. The van der Waals surface area contributed by atoms with E-state index in [1.165, 1.54) is 0 Å². The molecular weight excluding hydrogens is 346 g/mol. The quantitative estimate of drug-likeness (QED) is 0.622. The Kier molecular flexibility index (Phi) is 8.25. The maximum absolute atomic E-state index is 12.3. The summed E-state index contributed by atoms with van der Waals surface area (Å²) in [6.07, 6.45) is 1.35. The molecule has 7 heteroatoms. The van der Waals surface area contributed by atoms with Gasteiger partial charge in [-0.15, -0.1) is 0 Å². The minimum Gasteiger partial charge on any atom is -0.496 e. The van der Waals surface area contributed by atoms with Crippen molar-refractivity contribution in [1.29, 1.82) is 0 Å². The molecule has 0 saturated heterocycles. The van der Waals surface area contributed by atoms with Crippen LogP contribution in [0.1, 0.15) is 33.0 Å². The second-order valence-corrected chi connectivity index (χ2v) is 5.83. The number of nitrogens with zero attached hydrogens (tertiary/aromatic N) is 1. The Balaban J connectivity index is 1.88. The molecule has 0 fully saturated rings. The molecule has 1 heterocycles. The lowest BCUT2D eigenvalue weighted by molar-refractivity contribution is 0.0941.